The largest absolute Gasteiger partial charge is 0.370 e. The Kier molecular flexibility index (Phi) is 3.41. The van der Waals surface area contributed by atoms with Crippen LogP contribution in [0.1, 0.15) is 52.4 Å². The predicted molar refractivity (Wildman–Crippen MR) is 68.5 cm³/mol. The van der Waals surface area contributed by atoms with Crippen LogP contribution in [-0.2, 0) is 0 Å². The average Bonchev–Trinajstić information content (AvgIpc) is 2.77. The van der Waals surface area contributed by atoms with E-state index in [4.69, 9.17) is 10.7 Å². The van der Waals surface area contributed by atoms with Crippen LogP contribution in [0.15, 0.2) is 4.99 Å². The van der Waals surface area contributed by atoms with Gasteiger partial charge < -0.3 is 10.6 Å². The minimum Gasteiger partial charge on any atom is -0.370 e. The molecule has 16 heavy (non-hydrogen) atoms. The van der Waals surface area contributed by atoms with Gasteiger partial charge in [-0.15, -0.1) is 0 Å². The van der Waals surface area contributed by atoms with E-state index in [2.05, 4.69) is 18.7 Å². The molecular weight excluding hydrogens is 198 g/mol. The Morgan fingerprint density at radius 3 is 2.31 bits per heavy atom. The molecule has 0 heterocycles. The van der Waals surface area contributed by atoms with Gasteiger partial charge in [0.25, 0.3) is 0 Å². The van der Waals surface area contributed by atoms with Gasteiger partial charge in [0.15, 0.2) is 5.96 Å². The number of rotatable bonds is 3. The maximum absolute atomic E-state index is 6.08. The number of hydrogen-bond donors (Lipinski definition) is 1. The molecule has 0 aromatic rings. The summed E-state index contributed by atoms with van der Waals surface area (Å²) in [6.45, 7) is 6.20. The Labute approximate surface area is 99.1 Å². The van der Waals surface area contributed by atoms with E-state index in [9.17, 15) is 0 Å². The molecule has 0 amide bonds. The van der Waals surface area contributed by atoms with Gasteiger partial charge in [0.2, 0.25) is 0 Å². The van der Waals surface area contributed by atoms with E-state index in [0.717, 1.165) is 19.0 Å². The molecule has 0 bridgehead atoms. The normalized spacial score (nSPS) is 28.1. The summed E-state index contributed by atoms with van der Waals surface area (Å²) < 4.78 is 0. The fourth-order valence-electron chi connectivity index (χ4n) is 3.33. The molecule has 0 aromatic heterocycles. The predicted octanol–water partition coefficient (Wildman–Crippen LogP) is 2.37. The van der Waals surface area contributed by atoms with Crippen LogP contribution in [0, 0.1) is 5.41 Å². The number of aliphatic imine (C=N–C) groups is 1. The standard InChI is InChI=1S/C13H25N3/c1-3-16(4-2)12(14)15-11-7-10-13(11)8-5-6-9-13/h11H,3-10H2,1-2H3,(H2,14,15). The maximum Gasteiger partial charge on any atom is 0.191 e. The molecule has 2 saturated carbocycles. The Hall–Kier alpha value is -0.730. The first kappa shape index (κ1) is 11.7. The molecule has 0 aromatic carbocycles. The lowest BCUT2D eigenvalue weighted by Crippen LogP contribution is -2.45. The van der Waals surface area contributed by atoms with Gasteiger partial charge in [-0.1, -0.05) is 12.8 Å². The smallest absolute Gasteiger partial charge is 0.191 e. The maximum atomic E-state index is 6.08. The van der Waals surface area contributed by atoms with Crippen LogP contribution >= 0.6 is 0 Å². The molecule has 1 unspecified atom stereocenters. The van der Waals surface area contributed by atoms with Gasteiger partial charge in [0, 0.05) is 13.1 Å². The van der Waals surface area contributed by atoms with Gasteiger partial charge in [-0.3, -0.25) is 0 Å². The van der Waals surface area contributed by atoms with Crippen molar-refractivity contribution in [2.75, 3.05) is 13.1 Å². The van der Waals surface area contributed by atoms with Gasteiger partial charge in [-0.25, -0.2) is 4.99 Å². The van der Waals surface area contributed by atoms with Crippen molar-refractivity contribution in [3.63, 3.8) is 0 Å². The Morgan fingerprint density at radius 1 is 1.25 bits per heavy atom. The van der Waals surface area contributed by atoms with Crippen molar-refractivity contribution in [1.29, 1.82) is 0 Å². The summed E-state index contributed by atoms with van der Waals surface area (Å²) in [5.74, 6) is 0.765. The highest BCUT2D eigenvalue weighted by Gasteiger charge is 2.48. The van der Waals surface area contributed by atoms with E-state index in [0.29, 0.717) is 11.5 Å². The van der Waals surface area contributed by atoms with Crippen molar-refractivity contribution in [3.05, 3.63) is 0 Å². The average molecular weight is 223 g/mol. The van der Waals surface area contributed by atoms with E-state index in [-0.39, 0.29) is 0 Å². The van der Waals surface area contributed by atoms with E-state index in [1.165, 1.54) is 38.5 Å². The summed E-state index contributed by atoms with van der Waals surface area (Å²) >= 11 is 0. The topological polar surface area (TPSA) is 41.6 Å². The molecular formula is C13H25N3. The highest BCUT2D eigenvalue weighted by Crippen LogP contribution is 2.54. The number of nitrogens with two attached hydrogens (primary N) is 1. The van der Waals surface area contributed by atoms with Crippen molar-refractivity contribution in [2.45, 2.75) is 58.4 Å². The molecule has 0 radical (unpaired) electrons. The number of nitrogens with zero attached hydrogens (tertiary/aromatic N) is 2. The third kappa shape index (κ3) is 1.92. The Balaban J connectivity index is 2.00. The molecule has 2 aliphatic rings. The number of guanidine groups is 1. The third-order valence-electron chi connectivity index (χ3n) is 4.60. The Morgan fingerprint density at radius 2 is 1.88 bits per heavy atom. The lowest BCUT2D eigenvalue weighted by molar-refractivity contribution is 0.103. The van der Waals surface area contributed by atoms with Crippen molar-refractivity contribution < 1.29 is 0 Å². The molecule has 1 spiro atoms. The number of hydrogen-bond acceptors (Lipinski definition) is 1. The van der Waals surface area contributed by atoms with Crippen LogP contribution in [0.25, 0.3) is 0 Å². The van der Waals surface area contributed by atoms with Gasteiger partial charge >= 0.3 is 0 Å². The van der Waals surface area contributed by atoms with Crippen LogP contribution in [0.2, 0.25) is 0 Å². The molecule has 3 nitrogen and oxygen atoms in total. The van der Waals surface area contributed by atoms with E-state index in [1.54, 1.807) is 0 Å². The van der Waals surface area contributed by atoms with Crippen molar-refractivity contribution in [3.8, 4) is 0 Å². The fourth-order valence-corrected chi connectivity index (χ4v) is 3.33. The summed E-state index contributed by atoms with van der Waals surface area (Å²) in [5.41, 5.74) is 6.63. The first-order valence-corrected chi connectivity index (χ1v) is 6.80. The van der Waals surface area contributed by atoms with Crippen LogP contribution in [0.5, 0.6) is 0 Å². The van der Waals surface area contributed by atoms with E-state index >= 15 is 0 Å². The van der Waals surface area contributed by atoms with Crippen LogP contribution in [0.3, 0.4) is 0 Å². The molecule has 2 aliphatic carbocycles. The highest BCUT2D eigenvalue weighted by atomic mass is 15.2. The van der Waals surface area contributed by atoms with Crippen molar-refractivity contribution in [2.24, 2.45) is 16.1 Å². The summed E-state index contributed by atoms with van der Waals surface area (Å²) in [7, 11) is 0. The van der Waals surface area contributed by atoms with E-state index in [1.807, 2.05) is 0 Å². The molecule has 0 saturated heterocycles. The molecule has 3 heteroatoms. The second kappa shape index (κ2) is 4.64. The SMILES string of the molecule is CCN(CC)C(N)=NC1CCC12CCCC2. The molecule has 1 atom stereocenters. The second-order valence-corrected chi connectivity index (χ2v) is 5.28. The zero-order valence-corrected chi connectivity index (χ0v) is 10.7. The van der Waals surface area contributed by atoms with Gasteiger partial charge in [-0.05, 0) is 44.9 Å². The van der Waals surface area contributed by atoms with Crippen LogP contribution < -0.4 is 5.73 Å². The first-order valence-electron chi connectivity index (χ1n) is 6.80. The molecule has 2 fully saturated rings. The minimum atomic E-state index is 0.524. The van der Waals surface area contributed by atoms with Crippen molar-refractivity contribution in [1.82, 2.24) is 4.90 Å². The molecule has 92 valence electrons. The molecule has 2 rings (SSSR count). The Bertz CT molecular complexity index is 262. The van der Waals surface area contributed by atoms with Crippen molar-refractivity contribution >= 4 is 5.96 Å². The lowest BCUT2D eigenvalue weighted by Gasteiger charge is -2.45. The van der Waals surface area contributed by atoms with E-state index < -0.39 is 0 Å². The van der Waals surface area contributed by atoms with Gasteiger partial charge in [0.1, 0.15) is 0 Å². The lowest BCUT2D eigenvalue weighted by atomic mass is 9.63. The summed E-state index contributed by atoms with van der Waals surface area (Å²) in [6, 6.07) is 0.524. The van der Waals surface area contributed by atoms with Gasteiger partial charge in [0.05, 0.1) is 6.04 Å². The first-order chi connectivity index (χ1) is 7.72. The zero-order chi connectivity index (χ0) is 11.6. The molecule has 2 N–H and O–H groups in total. The zero-order valence-electron chi connectivity index (χ0n) is 10.7. The monoisotopic (exact) mass is 223 g/mol. The van der Waals surface area contributed by atoms with Crippen LogP contribution in [-0.4, -0.2) is 30.0 Å². The summed E-state index contributed by atoms with van der Waals surface area (Å²) in [5, 5.41) is 0. The highest BCUT2D eigenvalue weighted by molar-refractivity contribution is 5.78. The third-order valence-corrected chi connectivity index (χ3v) is 4.60. The van der Waals surface area contributed by atoms with Crippen LogP contribution in [0.4, 0.5) is 0 Å². The quantitative estimate of drug-likeness (QED) is 0.589. The summed E-state index contributed by atoms with van der Waals surface area (Å²) in [6.07, 6.45) is 8.20. The van der Waals surface area contributed by atoms with Gasteiger partial charge in [-0.2, -0.15) is 0 Å². The summed E-state index contributed by atoms with van der Waals surface area (Å²) in [4.78, 5) is 6.93. The second-order valence-electron chi connectivity index (χ2n) is 5.28. The fraction of sp³-hybridized carbons (Fsp3) is 0.923. The minimum absolute atomic E-state index is 0.524. The molecule has 0 aliphatic heterocycles.